The average Bonchev–Trinajstić information content (AvgIpc) is 2.87. The number of hydrogen-bond donors (Lipinski definition) is 1. The Kier molecular flexibility index (Phi) is 5.84. The van der Waals surface area contributed by atoms with Gasteiger partial charge < -0.3 is 14.6 Å². The molecule has 6 nitrogen and oxygen atoms in total. The molecule has 2 rings (SSSR count). The van der Waals surface area contributed by atoms with Crippen molar-refractivity contribution in [1.29, 1.82) is 0 Å². The molecule has 0 aliphatic rings. The van der Waals surface area contributed by atoms with Crippen molar-refractivity contribution in [3.63, 3.8) is 0 Å². The quantitative estimate of drug-likeness (QED) is 0.808. The van der Waals surface area contributed by atoms with E-state index in [9.17, 15) is 18.4 Å². The molecule has 0 unspecified atom stereocenters. The number of hydrogen-bond acceptors (Lipinski definition) is 5. The molecule has 1 aromatic heterocycles. The molecule has 0 bridgehead atoms. The van der Waals surface area contributed by atoms with Crippen LogP contribution in [0.1, 0.15) is 30.4 Å². The zero-order valence-corrected chi connectivity index (χ0v) is 14.1. The molecular formula is C17H18F2N2O4. The molecule has 0 fully saturated rings. The van der Waals surface area contributed by atoms with E-state index in [4.69, 9.17) is 9.26 Å². The topological polar surface area (TPSA) is 81.4 Å². The van der Waals surface area contributed by atoms with Gasteiger partial charge >= 0.3 is 5.97 Å². The Morgan fingerprint density at radius 2 is 1.92 bits per heavy atom. The highest BCUT2D eigenvalue weighted by Crippen LogP contribution is 2.19. The van der Waals surface area contributed by atoms with Crippen molar-refractivity contribution in [2.24, 2.45) is 0 Å². The third-order valence-corrected chi connectivity index (χ3v) is 3.65. The summed E-state index contributed by atoms with van der Waals surface area (Å²) in [7, 11) is 0. The van der Waals surface area contributed by atoms with Gasteiger partial charge in [-0.15, -0.1) is 0 Å². The summed E-state index contributed by atoms with van der Waals surface area (Å²) >= 11 is 0. The minimum absolute atomic E-state index is 0.0224. The molecule has 0 radical (unpaired) electrons. The summed E-state index contributed by atoms with van der Waals surface area (Å²) in [6, 6.07) is 3.20. The predicted molar refractivity (Wildman–Crippen MR) is 84.8 cm³/mol. The van der Waals surface area contributed by atoms with Crippen LogP contribution in [0.15, 0.2) is 22.7 Å². The zero-order valence-electron chi connectivity index (χ0n) is 14.1. The van der Waals surface area contributed by atoms with Crippen LogP contribution in [0.2, 0.25) is 0 Å². The molecule has 0 saturated carbocycles. The number of para-hydroxylation sites is 1. The van der Waals surface area contributed by atoms with E-state index in [-0.39, 0.29) is 6.42 Å². The van der Waals surface area contributed by atoms with Crippen LogP contribution in [-0.4, -0.2) is 23.1 Å². The Balaban J connectivity index is 1.89. The highest BCUT2D eigenvalue weighted by Gasteiger charge is 2.21. The first-order valence-electron chi connectivity index (χ1n) is 7.65. The maximum Gasteiger partial charge on any atom is 0.306 e. The van der Waals surface area contributed by atoms with Gasteiger partial charge in [0.1, 0.15) is 23.1 Å². The van der Waals surface area contributed by atoms with E-state index >= 15 is 0 Å². The first kappa shape index (κ1) is 18.6. The highest BCUT2D eigenvalue weighted by molar-refractivity contribution is 5.95. The van der Waals surface area contributed by atoms with Crippen LogP contribution in [-0.2, 0) is 20.7 Å². The summed E-state index contributed by atoms with van der Waals surface area (Å²) in [5, 5.41) is 5.86. The Morgan fingerprint density at radius 3 is 2.48 bits per heavy atom. The fourth-order valence-corrected chi connectivity index (χ4v) is 2.24. The van der Waals surface area contributed by atoms with Crippen molar-refractivity contribution in [3.8, 4) is 0 Å². The normalized spacial score (nSPS) is 11.9. The van der Waals surface area contributed by atoms with Gasteiger partial charge in [-0.3, -0.25) is 9.59 Å². The molecule has 2 aromatic rings. The fourth-order valence-electron chi connectivity index (χ4n) is 2.24. The number of anilines is 1. The van der Waals surface area contributed by atoms with Crippen LogP contribution in [0.4, 0.5) is 14.5 Å². The first-order valence-corrected chi connectivity index (χ1v) is 7.65. The fraction of sp³-hybridized carbons (Fsp3) is 0.353. The largest absolute Gasteiger partial charge is 0.453 e. The van der Waals surface area contributed by atoms with Gasteiger partial charge in [-0.05, 0) is 39.3 Å². The Morgan fingerprint density at radius 1 is 1.28 bits per heavy atom. The van der Waals surface area contributed by atoms with E-state index in [2.05, 4.69) is 10.5 Å². The lowest BCUT2D eigenvalue weighted by Gasteiger charge is -2.14. The number of rotatable bonds is 6. The summed E-state index contributed by atoms with van der Waals surface area (Å²) in [6.45, 7) is 4.82. The molecule has 0 aliphatic heterocycles. The lowest BCUT2D eigenvalue weighted by molar-refractivity contribution is -0.153. The van der Waals surface area contributed by atoms with Crippen LogP contribution in [0.5, 0.6) is 0 Å². The van der Waals surface area contributed by atoms with Gasteiger partial charge in [-0.1, -0.05) is 11.2 Å². The van der Waals surface area contributed by atoms with Gasteiger partial charge in [0.05, 0.1) is 5.69 Å². The van der Waals surface area contributed by atoms with Gasteiger partial charge in [-0.25, -0.2) is 8.78 Å². The molecule has 134 valence electrons. The average molecular weight is 352 g/mol. The molecule has 1 aromatic carbocycles. The van der Waals surface area contributed by atoms with Crippen molar-refractivity contribution in [3.05, 3.63) is 46.9 Å². The number of aryl methyl sites for hydroxylation is 2. The van der Waals surface area contributed by atoms with Gasteiger partial charge in [0.15, 0.2) is 6.10 Å². The summed E-state index contributed by atoms with van der Waals surface area (Å²) in [5.74, 6) is -2.65. The van der Waals surface area contributed by atoms with Crippen molar-refractivity contribution in [1.82, 2.24) is 5.16 Å². The second-order valence-electron chi connectivity index (χ2n) is 5.52. The van der Waals surface area contributed by atoms with Crippen molar-refractivity contribution < 1.29 is 27.6 Å². The third kappa shape index (κ3) is 4.62. The van der Waals surface area contributed by atoms with Crippen LogP contribution < -0.4 is 5.32 Å². The maximum atomic E-state index is 13.5. The van der Waals surface area contributed by atoms with Gasteiger partial charge in [0, 0.05) is 12.0 Å². The van der Waals surface area contributed by atoms with Crippen LogP contribution in [0, 0.1) is 25.5 Å². The Bertz CT molecular complexity index is 749. The standard InChI is InChI=1S/C17H18F2N2O4/c1-9-12(10(2)25-21-9)7-8-15(22)24-11(3)17(23)20-16-13(18)5-4-6-14(16)19/h4-6,11H,7-8H2,1-3H3,(H,20,23)/t11-/m0/s1. The molecule has 1 heterocycles. The van der Waals surface area contributed by atoms with E-state index in [0.29, 0.717) is 17.9 Å². The number of aromatic nitrogens is 1. The molecule has 1 amide bonds. The van der Waals surface area contributed by atoms with Crippen LogP contribution in [0.3, 0.4) is 0 Å². The molecule has 8 heteroatoms. The van der Waals surface area contributed by atoms with Gasteiger partial charge in [0.25, 0.3) is 5.91 Å². The molecular weight excluding hydrogens is 334 g/mol. The van der Waals surface area contributed by atoms with Crippen molar-refractivity contribution in [2.45, 2.75) is 39.7 Å². The number of esters is 1. The number of nitrogens with one attached hydrogen (secondary N) is 1. The summed E-state index contributed by atoms with van der Waals surface area (Å²) in [4.78, 5) is 23.8. The van der Waals surface area contributed by atoms with Crippen molar-refractivity contribution >= 4 is 17.6 Å². The van der Waals surface area contributed by atoms with E-state index in [0.717, 1.165) is 17.7 Å². The SMILES string of the molecule is Cc1noc(C)c1CCC(=O)O[C@@H](C)C(=O)Nc1c(F)cccc1F. The molecule has 0 saturated heterocycles. The Hall–Kier alpha value is -2.77. The molecule has 1 N–H and O–H groups in total. The van der Waals surface area contributed by atoms with Crippen LogP contribution in [0.25, 0.3) is 0 Å². The lowest BCUT2D eigenvalue weighted by Crippen LogP contribution is -2.30. The van der Waals surface area contributed by atoms with Crippen molar-refractivity contribution in [2.75, 3.05) is 5.32 Å². The number of ether oxygens (including phenoxy) is 1. The zero-order chi connectivity index (χ0) is 18.6. The molecule has 1 atom stereocenters. The summed E-state index contributed by atoms with van der Waals surface area (Å²) < 4.78 is 37.0. The van der Waals surface area contributed by atoms with E-state index in [1.807, 2.05) is 0 Å². The number of carbonyl (C=O) groups is 2. The minimum Gasteiger partial charge on any atom is -0.453 e. The molecule has 25 heavy (non-hydrogen) atoms. The van der Waals surface area contributed by atoms with Gasteiger partial charge in [0.2, 0.25) is 0 Å². The number of halogens is 2. The number of benzene rings is 1. The highest BCUT2D eigenvalue weighted by atomic mass is 19.1. The summed E-state index contributed by atoms with van der Waals surface area (Å²) in [5.41, 5.74) is 0.916. The maximum absolute atomic E-state index is 13.5. The molecule has 0 spiro atoms. The van der Waals surface area contributed by atoms with Gasteiger partial charge in [-0.2, -0.15) is 0 Å². The van der Waals surface area contributed by atoms with E-state index in [1.165, 1.54) is 13.0 Å². The lowest BCUT2D eigenvalue weighted by atomic mass is 10.1. The molecule has 0 aliphatic carbocycles. The predicted octanol–water partition coefficient (Wildman–Crippen LogP) is 3.07. The second-order valence-corrected chi connectivity index (χ2v) is 5.52. The van der Waals surface area contributed by atoms with Crippen LogP contribution >= 0.6 is 0 Å². The summed E-state index contributed by atoms with van der Waals surface area (Å²) in [6.07, 6.45) is -0.818. The third-order valence-electron chi connectivity index (χ3n) is 3.65. The monoisotopic (exact) mass is 352 g/mol. The number of nitrogens with zero attached hydrogens (tertiary/aromatic N) is 1. The first-order chi connectivity index (χ1) is 11.8. The number of amides is 1. The van der Waals surface area contributed by atoms with E-state index in [1.54, 1.807) is 13.8 Å². The Labute approximate surface area is 143 Å². The second kappa shape index (κ2) is 7.87. The smallest absolute Gasteiger partial charge is 0.306 e. The van der Waals surface area contributed by atoms with E-state index < -0.39 is 35.3 Å². The number of carbonyl (C=O) groups excluding carboxylic acids is 2. The minimum atomic E-state index is -1.20.